The molecular weight excluding hydrogens is 274 g/mol. The number of halogens is 2. The molecule has 21 heavy (non-hydrogen) atoms. The molecule has 1 heterocycles. The van der Waals surface area contributed by atoms with E-state index in [2.05, 4.69) is 9.97 Å². The zero-order valence-electron chi connectivity index (χ0n) is 11.5. The summed E-state index contributed by atoms with van der Waals surface area (Å²) in [7, 11) is 0. The molecule has 0 aliphatic carbocycles. The van der Waals surface area contributed by atoms with Gasteiger partial charge in [0.15, 0.2) is 11.6 Å². The first-order valence-electron chi connectivity index (χ1n) is 6.76. The number of imidazole rings is 1. The van der Waals surface area contributed by atoms with Gasteiger partial charge in [-0.05, 0) is 24.6 Å². The number of benzene rings is 2. The molecule has 108 valence electrons. The predicted molar refractivity (Wildman–Crippen MR) is 77.2 cm³/mol. The highest BCUT2D eigenvalue weighted by Crippen LogP contribution is 2.33. The van der Waals surface area contributed by atoms with Crippen molar-refractivity contribution in [3.63, 3.8) is 0 Å². The van der Waals surface area contributed by atoms with Crippen LogP contribution in [-0.2, 0) is 0 Å². The second-order valence-electron chi connectivity index (χ2n) is 4.72. The molecule has 5 heteroatoms. The lowest BCUT2D eigenvalue weighted by atomic mass is 10.1. The minimum absolute atomic E-state index is 0.0253. The van der Waals surface area contributed by atoms with Crippen LogP contribution in [0, 0.1) is 11.6 Å². The maximum atomic E-state index is 14.0. The highest BCUT2D eigenvalue weighted by Gasteiger charge is 2.17. The van der Waals surface area contributed by atoms with Crippen LogP contribution in [0.2, 0.25) is 0 Å². The van der Waals surface area contributed by atoms with Crippen LogP contribution in [0.4, 0.5) is 8.78 Å². The minimum Gasteiger partial charge on any atom is -0.490 e. The molecule has 0 atom stereocenters. The van der Waals surface area contributed by atoms with Crippen molar-refractivity contribution < 1.29 is 13.5 Å². The summed E-state index contributed by atoms with van der Waals surface area (Å²) in [6.07, 6.45) is 0.733. The van der Waals surface area contributed by atoms with Gasteiger partial charge >= 0.3 is 0 Å². The predicted octanol–water partition coefficient (Wildman–Crippen LogP) is 4.30. The van der Waals surface area contributed by atoms with E-state index >= 15 is 0 Å². The number of nitrogens with one attached hydrogen (secondary N) is 1. The normalized spacial score (nSPS) is 11.0. The van der Waals surface area contributed by atoms with Gasteiger partial charge < -0.3 is 9.72 Å². The smallest absolute Gasteiger partial charge is 0.168 e. The molecule has 0 saturated heterocycles. The maximum absolute atomic E-state index is 14.0. The Bertz CT molecular complexity index is 750. The number of rotatable bonds is 4. The summed E-state index contributed by atoms with van der Waals surface area (Å²) in [6.45, 7) is 2.28. The van der Waals surface area contributed by atoms with Crippen molar-refractivity contribution in [2.45, 2.75) is 13.3 Å². The third-order valence-corrected chi connectivity index (χ3v) is 3.10. The van der Waals surface area contributed by atoms with Gasteiger partial charge in [-0.25, -0.2) is 13.8 Å². The van der Waals surface area contributed by atoms with E-state index in [0.717, 1.165) is 23.5 Å². The van der Waals surface area contributed by atoms with Crippen molar-refractivity contribution in [2.24, 2.45) is 0 Å². The second-order valence-corrected chi connectivity index (χ2v) is 4.72. The van der Waals surface area contributed by atoms with Gasteiger partial charge in [0.2, 0.25) is 0 Å². The van der Waals surface area contributed by atoms with Gasteiger partial charge in [0, 0.05) is 6.07 Å². The highest BCUT2D eigenvalue weighted by molar-refractivity contribution is 5.80. The number of fused-ring (bicyclic) bond motifs is 1. The molecule has 3 nitrogen and oxygen atoms in total. The number of para-hydroxylation sites is 2. The Morgan fingerprint density at radius 1 is 1.19 bits per heavy atom. The number of aromatic amines is 1. The van der Waals surface area contributed by atoms with Crippen molar-refractivity contribution in [1.82, 2.24) is 9.97 Å². The first-order valence-corrected chi connectivity index (χ1v) is 6.76. The minimum atomic E-state index is -0.723. The first-order chi connectivity index (χ1) is 10.2. The fraction of sp³-hybridized carbons (Fsp3) is 0.188. The van der Waals surface area contributed by atoms with Crippen LogP contribution in [-0.4, -0.2) is 16.6 Å². The molecule has 0 amide bonds. The van der Waals surface area contributed by atoms with Crippen molar-refractivity contribution in [3.05, 3.63) is 48.0 Å². The third kappa shape index (κ3) is 2.59. The van der Waals surface area contributed by atoms with Gasteiger partial charge in [-0.1, -0.05) is 19.1 Å². The molecule has 0 radical (unpaired) electrons. The Morgan fingerprint density at radius 3 is 2.76 bits per heavy atom. The van der Waals surface area contributed by atoms with E-state index in [1.54, 1.807) is 0 Å². The lowest BCUT2D eigenvalue weighted by molar-refractivity contribution is 0.301. The maximum Gasteiger partial charge on any atom is 0.168 e. The Kier molecular flexibility index (Phi) is 3.56. The number of hydrogen-bond donors (Lipinski definition) is 1. The van der Waals surface area contributed by atoms with Crippen LogP contribution < -0.4 is 4.74 Å². The molecule has 3 aromatic rings. The summed E-state index contributed by atoms with van der Waals surface area (Å²) in [6, 6.07) is 9.45. The molecule has 0 bridgehead atoms. The van der Waals surface area contributed by atoms with Gasteiger partial charge in [0.05, 0.1) is 23.2 Å². The van der Waals surface area contributed by atoms with Crippen molar-refractivity contribution in [1.29, 1.82) is 0 Å². The summed E-state index contributed by atoms with van der Waals surface area (Å²) < 4.78 is 32.9. The zero-order valence-corrected chi connectivity index (χ0v) is 11.5. The Labute approximate surface area is 120 Å². The standard InChI is InChI=1S/C16H14F2N2O/c1-2-7-21-15-11(8-10(17)9-12(15)18)16-19-13-5-3-4-6-14(13)20-16/h3-6,8-9H,2,7H2,1H3,(H,19,20). The number of hydrogen-bond acceptors (Lipinski definition) is 2. The van der Waals surface area contributed by atoms with E-state index in [1.807, 2.05) is 31.2 Å². The molecule has 0 unspecified atom stereocenters. The number of nitrogens with zero attached hydrogens (tertiary/aromatic N) is 1. The average Bonchev–Trinajstić information content (AvgIpc) is 2.89. The van der Waals surface area contributed by atoms with Crippen molar-refractivity contribution >= 4 is 11.0 Å². The summed E-state index contributed by atoms with van der Waals surface area (Å²) in [4.78, 5) is 7.42. The molecule has 1 N–H and O–H groups in total. The largest absolute Gasteiger partial charge is 0.490 e. The van der Waals surface area contributed by atoms with Gasteiger partial charge in [-0.2, -0.15) is 0 Å². The van der Waals surface area contributed by atoms with E-state index in [4.69, 9.17) is 4.74 Å². The van der Waals surface area contributed by atoms with E-state index in [1.165, 1.54) is 6.07 Å². The van der Waals surface area contributed by atoms with Crippen LogP contribution >= 0.6 is 0 Å². The van der Waals surface area contributed by atoms with Gasteiger partial charge in [-0.15, -0.1) is 0 Å². The number of H-pyrrole nitrogens is 1. The molecule has 0 fully saturated rings. The van der Waals surface area contributed by atoms with Gasteiger partial charge in [0.25, 0.3) is 0 Å². The molecule has 0 spiro atoms. The lowest BCUT2D eigenvalue weighted by Gasteiger charge is -2.10. The quantitative estimate of drug-likeness (QED) is 0.777. The van der Waals surface area contributed by atoms with Crippen LogP contribution in [0.15, 0.2) is 36.4 Å². The number of aromatic nitrogens is 2. The topological polar surface area (TPSA) is 37.9 Å². The fourth-order valence-corrected chi connectivity index (χ4v) is 2.17. The van der Waals surface area contributed by atoms with Crippen LogP contribution in [0.25, 0.3) is 22.4 Å². The van der Waals surface area contributed by atoms with E-state index in [-0.39, 0.29) is 11.3 Å². The van der Waals surface area contributed by atoms with E-state index in [9.17, 15) is 8.78 Å². The highest BCUT2D eigenvalue weighted by atomic mass is 19.1. The fourth-order valence-electron chi connectivity index (χ4n) is 2.17. The number of ether oxygens (including phenoxy) is 1. The molecule has 2 aromatic carbocycles. The second kappa shape index (κ2) is 5.52. The molecule has 3 rings (SSSR count). The summed E-state index contributed by atoms with van der Waals surface area (Å²) in [5, 5.41) is 0. The van der Waals surface area contributed by atoms with Crippen LogP contribution in [0.3, 0.4) is 0 Å². The van der Waals surface area contributed by atoms with Crippen molar-refractivity contribution in [2.75, 3.05) is 6.61 Å². The first kappa shape index (κ1) is 13.5. The van der Waals surface area contributed by atoms with E-state index in [0.29, 0.717) is 12.4 Å². The molecule has 0 aliphatic heterocycles. The summed E-state index contributed by atoms with van der Waals surface area (Å²) in [5.41, 5.74) is 1.83. The zero-order chi connectivity index (χ0) is 14.8. The van der Waals surface area contributed by atoms with Gasteiger partial charge in [0.1, 0.15) is 11.6 Å². The molecule has 1 aromatic heterocycles. The van der Waals surface area contributed by atoms with Gasteiger partial charge in [-0.3, -0.25) is 0 Å². The lowest BCUT2D eigenvalue weighted by Crippen LogP contribution is -2.01. The Hall–Kier alpha value is -2.43. The average molecular weight is 288 g/mol. The summed E-state index contributed by atoms with van der Waals surface area (Å²) >= 11 is 0. The van der Waals surface area contributed by atoms with Crippen LogP contribution in [0.5, 0.6) is 5.75 Å². The molecule has 0 aliphatic rings. The van der Waals surface area contributed by atoms with Crippen molar-refractivity contribution in [3.8, 4) is 17.1 Å². The molecule has 0 saturated carbocycles. The molecular formula is C16H14F2N2O. The Morgan fingerprint density at radius 2 is 2.00 bits per heavy atom. The van der Waals surface area contributed by atoms with E-state index < -0.39 is 11.6 Å². The Balaban J connectivity index is 2.15. The summed E-state index contributed by atoms with van der Waals surface area (Å²) in [5.74, 6) is -0.969. The monoisotopic (exact) mass is 288 g/mol. The third-order valence-electron chi connectivity index (χ3n) is 3.10. The van der Waals surface area contributed by atoms with Crippen LogP contribution in [0.1, 0.15) is 13.3 Å². The SMILES string of the molecule is CCCOc1c(F)cc(F)cc1-c1nc2ccccc2[nH]1.